The lowest BCUT2D eigenvalue weighted by atomic mass is 10.0. The van der Waals surface area contributed by atoms with Gasteiger partial charge in [-0.15, -0.1) is 0 Å². The highest BCUT2D eigenvalue weighted by Crippen LogP contribution is 2.26. The Bertz CT molecular complexity index is 699. The number of carbonyl (C=O) groups is 1. The van der Waals surface area contributed by atoms with E-state index in [1.54, 1.807) is 0 Å². The highest BCUT2D eigenvalue weighted by Gasteiger charge is 2.28. The number of hydrogen-bond acceptors (Lipinski definition) is 5. The van der Waals surface area contributed by atoms with Crippen molar-refractivity contribution in [1.29, 1.82) is 0 Å². The summed E-state index contributed by atoms with van der Waals surface area (Å²) in [4.78, 5) is 20.0. The van der Waals surface area contributed by atoms with Gasteiger partial charge in [-0.05, 0) is 31.7 Å². The molecule has 172 valence electrons. The summed E-state index contributed by atoms with van der Waals surface area (Å²) in [5.74, 6) is 1.33. The van der Waals surface area contributed by atoms with Crippen LogP contribution in [0.1, 0.15) is 51.0 Å². The van der Waals surface area contributed by atoms with E-state index in [4.69, 9.17) is 9.47 Å². The molecule has 1 aromatic carbocycles. The van der Waals surface area contributed by atoms with Crippen LogP contribution in [0, 0.1) is 0 Å². The van der Waals surface area contributed by atoms with Crippen LogP contribution in [0.4, 0.5) is 0 Å². The molecule has 1 unspecified atom stereocenters. The summed E-state index contributed by atoms with van der Waals surface area (Å²) in [6, 6.07) is 8.99. The van der Waals surface area contributed by atoms with Gasteiger partial charge in [0.1, 0.15) is 11.9 Å². The number of unbranched alkanes of at least 4 members (excludes halogenated alkanes) is 1. The molecule has 31 heavy (non-hydrogen) atoms. The summed E-state index contributed by atoms with van der Waals surface area (Å²) in [6.45, 7) is 10.4. The molecule has 0 aliphatic carbocycles. The van der Waals surface area contributed by atoms with E-state index in [1.165, 1.54) is 18.4 Å². The molecule has 0 N–H and O–H groups in total. The Morgan fingerprint density at radius 1 is 1.10 bits per heavy atom. The highest BCUT2D eigenvalue weighted by molar-refractivity contribution is 5.76. The largest absolute Gasteiger partial charge is 0.489 e. The van der Waals surface area contributed by atoms with Crippen molar-refractivity contribution in [2.75, 3.05) is 52.5 Å². The van der Waals surface area contributed by atoms with Crippen LogP contribution in [0.3, 0.4) is 0 Å². The number of nitrogens with zero attached hydrogens (tertiary/aromatic N) is 3. The molecule has 0 saturated carbocycles. The van der Waals surface area contributed by atoms with Gasteiger partial charge in [-0.3, -0.25) is 14.6 Å². The zero-order valence-corrected chi connectivity index (χ0v) is 19.1. The zero-order valence-electron chi connectivity index (χ0n) is 19.1. The van der Waals surface area contributed by atoms with Crippen molar-refractivity contribution in [2.45, 2.75) is 64.1 Å². The number of piperidine rings is 1. The summed E-state index contributed by atoms with van der Waals surface area (Å²) in [5.41, 5.74) is 1.24. The lowest BCUT2D eigenvalue weighted by Gasteiger charge is -2.40. The third-order valence-electron chi connectivity index (χ3n) is 7.02. The SMILES string of the molecule is CCCCC1CN(CCC(=O)N2CCC(N3CCOCC3)CC2)Cc2ccccc2O1. The van der Waals surface area contributed by atoms with Gasteiger partial charge in [0.05, 0.1) is 13.2 Å². The first kappa shape index (κ1) is 22.6. The first-order valence-electron chi connectivity index (χ1n) is 12.3. The van der Waals surface area contributed by atoms with Crippen molar-refractivity contribution in [3.8, 4) is 5.75 Å². The lowest BCUT2D eigenvalue weighted by molar-refractivity contribution is -0.133. The molecule has 0 aromatic heterocycles. The van der Waals surface area contributed by atoms with Crippen LogP contribution in [0.15, 0.2) is 24.3 Å². The maximum atomic E-state index is 12.9. The van der Waals surface area contributed by atoms with Crippen molar-refractivity contribution >= 4 is 5.91 Å². The van der Waals surface area contributed by atoms with Gasteiger partial charge in [-0.1, -0.05) is 31.5 Å². The smallest absolute Gasteiger partial charge is 0.223 e. The van der Waals surface area contributed by atoms with Gasteiger partial charge < -0.3 is 14.4 Å². The van der Waals surface area contributed by atoms with E-state index in [1.807, 2.05) is 0 Å². The molecule has 1 aromatic rings. The molecular formula is C25H39N3O3. The summed E-state index contributed by atoms with van der Waals surface area (Å²) >= 11 is 0. The average Bonchev–Trinajstić information content (AvgIpc) is 3.00. The predicted molar refractivity (Wildman–Crippen MR) is 122 cm³/mol. The number of morpholine rings is 1. The molecule has 4 rings (SSSR count). The number of ether oxygens (including phenoxy) is 2. The Morgan fingerprint density at radius 2 is 1.87 bits per heavy atom. The number of para-hydroxylation sites is 1. The molecule has 3 aliphatic heterocycles. The Hall–Kier alpha value is -1.63. The molecule has 6 nitrogen and oxygen atoms in total. The van der Waals surface area contributed by atoms with Crippen LogP contribution < -0.4 is 4.74 Å². The standard InChI is InChI=1S/C25H39N3O3/c1-2-3-7-23-20-26(19-21-6-4-5-8-24(21)31-23)12-11-25(29)28-13-9-22(10-14-28)27-15-17-30-18-16-27/h4-6,8,22-23H,2-3,7,9-20H2,1H3. The molecular weight excluding hydrogens is 390 g/mol. The Balaban J connectivity index is 1.27. The summed E-state index contributed by atoms with van der Waals surface area (Å²) in [7, 11) is 0. The fourth-order valence-corrected chi connectivity index (χ4v) is 5.15. The van der Waals surface area contributed by atoms with E-state index in [-0.39, 0.29) is 6.10 Å². The van der Waals surface area contributed by atoms with Gasteiger partial charge in [0.25, 0.3) is 0 Å². The maximum absolute atomic E-state index is 12.9. The lowest BCUT2D eigenvalue weighted by Crippen LogP contribution is -2.50. The van der Waals surface area contributed by atoms with E-state index < -0.39 is 0 Å². The van der Waals surface area contributed by atoms with Crippen LogP contribution in [0.25, 0.3) is 0 Å². The van der Waals surface area contributed by atoms with Gasteiger partial charge in [0.15, 0.2) is 0 Å². The summed E-state index contributed by atoms with van der Waals surface area (Å²) in [5, 5.41) is 0. The minimum absolute atomic E-state index is 0.211. The van der Waals surface area contributed by atoms with Crippen molar-refractivity contribution < 1.29 is 14.3 Å². The topological polar surface area (TPSA) is 45.3 Å². The van der Waals surface area contributed by atoms with Crippen LogP contribution in [-0.2, 0) is 16.1 Å². The molecule has 1 amide bonds. The van der Waals surface area contributed by atoms with Crippen LogP contribution in [-0.4, -0.2) is 85.2 Å². The Morgan fingerprint density at radius 3 is 2.65 bits per heavy atom. The van der Waals surface area contributed by atoms with Crippen molar-refractivity contribution in [1.82, 2.24) is 14.7 Å². The first-order chi connectivity index (χ1) is 15.2. The molecule has 0 radical (unpaired) electrons. The van der Waals surface area contributed by atoms with Crippen LogP contribution in [0.2, 0.25) is 0 Å². The number of carbonyl (C=O) groups excluding carboxylic acids is 1. The number of hydrogen-bond donors (Lipinski definition) is 0. The van der Waals surface area contributed by atoms with Crippen molar-refractivity contribution in [3.63, 3.8) is 0 Å². The normalized spacial score (nSPS) is 23.8. The van der Waals surface area contributed by atoms with Gasteiger partial charge in [0, 0.05) is 63.8 Å². The second-order valence-corrected chi connectivity index (χ2v) is 9.24. The fourth-order valence-electron chi connectivity index (χ4n) is 5.15. The number of amides is 1. The first-order valence-corrected chi connectivity index (χ1v) is 12.3. The van der Waals surface area contributed by atoms with E-state index >= 15 is 0 Å². The third kappa shape index (κ3) is 6.21. The maximum Gasteiger partial charge on any atom is 0.223 e. The number of rotatable bonds is 7. The number of benzene rings is 1. The molecule has 0 spiro atoms. The van der Waals surface area contributed by atoms with Gasteiger partial charge in [-0.2, -0.15) is 0 Å². The second-order valence-electron chi connectivity index (χ2n) is 9.24. The minimum Gasteiger partial charge on any atom is -0.489 e. The molecule has 3 aliphatic rings. The fraction of sp³-hybridized carbons (Fsp3) is 0.720. The molecule has 1 atom stereocenters. The summed E-state index contributed by atoms with van der Waals surface area (Å²) in [6.07, 6.45) is 6.43. The molecule has 2 fully saturated rings. The summed E-state index contributed by atoms with van der Waals surface area (Å²) < 4.78 is 11.8. The predicted octanol–water partition coefficient (Wildman–Crippen LogP) is 3.15. The Labute approximate surface area is 187 Å². The minimum atomic E-state index is 0.211. The van der Waals surface area contributed by atoms with Gasteiger partial charge in [0.2, 0.25) is 5.91 Å². The van der Waals surface area contributed by atoms with E-state index in [9.17, 15) is 4.79 Å². The second kappa shape index (κ2) is 11.3. The van der Waals surface area contributed by atoms with Gasteiger partial charge >= 0.3 is 0 Å². The molecule has 0 bridgehead atoms. The quantitative estimate of drug-likeness (QED) is 0.666. The van der Waals surface area contributed by atoms with Crippen molar-refractivity contribution in [2.24, 2.45) is 0 Å². The van der Waals surface area contributed by atoms with E-state index in [0.29, 0.717) is 18.4 Å². The number of fused-ring (bicyclic) bond motifs is 1. The van der Waals surface area contributed by atoms with E-state index in [2.05, 4.69) is 45.9 Å². The highest BCUT2D eigenvalue weighted by atomic mass is 16.5. The molecule has 3 heterocycles. The average molecular weight is 430 g/mol. The van der Waals surface area contributed by atoms with Crippen LogP contribution in [0.5, 0.6) is 5.75 Å². The monoisotopic (exact) mass is 429 g/mol. The number of likely N-dealkylation sites (tertiary alicyclic amines) is 1. The van der Waals surface area contributed by atoms with Crippen molar-refractivity contribution in [3.05, 3.63) is 29.8 Å². The molecule has 2 saturated heterocycles. The van der Waals surface area contributed by atoms with E-state index in [0.717, 1.165) is 84.0 Å². The van der Waals surface area contributed by atoms with Crippen LogP contribution >= 0.6 is 0 Å². The molecule has 6 heteroatoms. The third-order valence-corrected chi connectivity index (χ3v) is 7.02. The zero-order chi connectivity index (χ0) is 21.5. The Kier molecular flexibility index (Phi) is 8.22. The van der Waals surface area contributed by atoms with Gasteiger partial charge in [-0.25, -0.2) is 0 Å².